The third-order valence-electron chi connectivity index (χ3n) is 5.26. The maximum Gasteiger partial charge on any atom is 0.280 e. The number of benzene rings is 3. The number of aromatic nitrogens is 2. The van der Waals surface area contributed by atoms with E-state index in [1.54, 1.807) is 25.1 Å². The van der Waals surface area contributed by atoms with Gasteiger partial charge in [-0.2, -0.15) is 5.10 Å². The number of rotatable bonds is 5. The lowest BCUT2D eigenvalue weighted by molar-refractivity contribution is -0.384. The number of nitrogens with zero attached hydrogens (tertiary/aromatic N) is 3. The van der Waals surface area contributed by atoms with Crippen molar-refractivity contribution in [1.82, 2.24) is 9.78 Å². The molecule has 1 heterocycles. The minimum atomic E-state index is -0.669. The molecule has 1 aromatic heterocycles. The van der Waals surface area contributed by atoms with E-state index in [4.69, 9.17) is 0 Å². The van der Waals surface area contributed by atoms with Crippen molar-refractivity contribution in [2.24, 2.45) is 7.05 Å². The molecule has 8 heteroatoms. The molecular formula is C25H20N4O4. The molecule has 164 valence electrons. The highest BCUT2D eigenvalue weighted by Crippen LogP contribution is 2.32. The first-order chi connectivity index (χ1) is 15.9. The number of hydrogen-bond donors (Lipinski definition) is 1. The van der Waals surface area contributed by atoms with Gasteiger partial charge in [-0.3, -0.25) is 19.7 Å². The van der Waals surface area contributed by atoms with Crippen LogP contribution in [-0.2, 0) is 7.05 Å². The molecule has 0 aliphatic heterocycles. The Kier molecular flexibility index (Phi) is 5.82. The molecule has 0 spiro atoms. The summed E-state index contributed by atoms with van der Waals surface area (Å²) in [6.07, 6.45) is 0. The Bertz CT molecular complexity index is 1410. The largest absolute Gasteiger partial charge is 0.321 e. The summed E-state index contributed by atoms with van der Waals surface area (Å²) < 4.78 is 1.13. The number of carbonyl (C=O) groups is 1. The second-order valence-electron chi connectivity index (χ2n) is 7.47. The summed E-state index contributed by atoms with van der Waals surface area (Å²) in [6.45, 7) is 1.72. The van der Waals surface area contributed by atoms with E-state index in [-0.39, 0.29) is 16.9 Å². The van der Waals surface area contributed by atoms with Crippen LogP contribution < -0.4 is 10.9 Å². The van der Waals surface area contributed by atoms with Crippen molar-refractivity contribution >= 4 is 17.3 Å². The third kappa shape index (κ3) is 4.27. The van der Waals surface area contributed by atoms with Crippen molar-refractivity contribution in [3.05, 3.63) is 110 Å². The van der Waals surface area contributed by atoms with Gasteiger partial charge in [0.25, 0.3) is 17.2 Å². The van der Waals surface area contributed by atoms with E-state index in [9.17, 15) is 19.7 Å². The van der Waals surface area contributed by atoms with Gasteiger partial charge in [0.2, 0.25) is 0 Å². The fourth-order valence-corrected chi connectivity index (χ4v) is 3.57. The van der Waals surface area contributed by atoms with E-state index in [1.807, 2.05) is 48.5 Å². The summed E-state index contributed by atoms with van der Waals surface area (Å²) in [5.41, 5.74) is 2.33. The van der Waals surface area contributed by atoms with Crippen LogP contribution in [0.5, 0.6) is 0 Å². The standard InChI is InChI=1S/C25H20N4O4/c1-16-13-14-19(29(32)33)15-20(16)26-24(30)22-21(17-9-5-3-6-10-17)23(27-28(2)25(22)31)18-11-7-4-8-12-18/h3-15H,1-2H3,(H,26,30). The summed E-state index contributed by atoms with van der Waals surface area (Å²) in [6, 6.07) is 22.5. The minimum absolute atomic E-state index is 0.0940. The van der Waals surface area contributed by atoms with Crippen molar-refractivity contribution in [3.63, 3.8) is 0 Å². The lowest BCUT2D eigenvalue weighted by Gasteiger charge is -2.16. The first-order valence-electron chi connectivity index (χ1n) is 10.2. The van der Waals surface area contributed by atoms with Crippen molar-refractivity contribution in [1.29, 1.82) is 0 Å². The Hall–Kier alpha value is -4.59. The predicted octanol–water partition coefficient (Wildman–Crippen LogP) is 4.58. The van der Waals surface area contributed by atoms with Gasteiger partial charge < -0.3 is 5.32 Å². The number of amides is 1. The molecule has 8 nitrogen and oxygen atoms in total. The molecule has 0 atom stereocenters. The van der Waals surface area contributed by atoms with Gasteiger partial charge in [-0.15, -0.1) is 0 Å². The topological polar surface area (TPSA) is 107 Å². The van der Waals surface area contributed by atoms with Gasteiger partial charge in [0.1, 0.15) is 5.56 Å². The summed E-state index contributed by atoms with van der Waals surface area (Å²) in [5.74, 6) is -0.669. The lowest BCUT2D eigenvalue weighted by atomic mass is 9.95. The van der Waals surface area contributed by atoms with Crippen LogP contribution in [0.4, 0.5) is 11.4 Å². The van der Waals surface area contributed by atoms with Crippen LogP contribution in [0.25, 0.3) is 22.4 Å². The second kappa shape index (κ2) is 8.88. The van der Waals surface area contributed by atoms with Gasteiger partial charge in [0, 0.05) is 30.3 Å². The summed E-state index contributed by atoms with van der Waals surface area (Å²) >= 11 is 0. The van der Waals surface area contributed by atoms with Crippen molar-refractivity contribution in [2.45, 2.75) is 6.92 Å². The number of nitro benzene ring substituents is 1. The molecule has 4 aromatic rings. The first kappa shape index (κ1) is 21.6. The van der Waals surface area contributed by atoms with E-state index in [0.717, 1.165) is 10.2 Å². The van der Waals surface area contributed by atoms with Crippen LogP contribution in [-0.4, -0.2) is 20.6 Å². The summed E-state index contributed by atoms with van der Waals surface area (Å²) in [7, 11) is 1.49. The number of carbonyl (C=O) groups excluding carboxylic acids is 1. The first-order valence-corrected chi connectivity index (χ1v) is 10.2. The lowest BCUT2D eigenvalue weighted by Crippen LogP contribution is -2.31. The molecule has 33 heavy (non-hydrogen) atoms. The molecule has 0 bridgehead atoms. The average molecular weight is 440 g/mol. The highest BCUT2D eigenvalue weighted by Gasteiger charge is 2.25. The Morgan fingerprint density at radius 1 is 0.970 bits per heavy atom. The summed E-state index contributed by atoms with van der Waals surface area (Å²) in [4.78, 5) is 37.3. The molecule has 0 fully saturated rings. The number of nitro groups is 1. The van der Waals surface area contributed by atoms with Crippen LogP contribution in [0.15, 0.2) is 83.7 Å². The van der Waals surface area contributed by atoms with Crippen LogP contribution in [0, 0.1) is 17.0 Å². The Morgan fingerprint density at radius 2 is 1.58 bits per heavy atom. The molecular weight excluding hydrogens is 420 g/mol. The van der Waals surface area contributed by atoms with Crippen molar-refractivity contribution < 1.29 is 9.72 Å². The second-order valence-corrected chi connectivity index (χ2v) is 7.47. The number of nitrogens with one attached hydrogen (secondary N) is 1. The molecule has 1 amide bonds. The average Bonchev–Trinajstić information content (AvgIpc) is 2.82. The smallest absolute Gasteiger partial charge is 0.280 e. The number of hydrogen-bond acceptors (Lipinski definition) is 5. The molecule has 1 N–H and O–H groups in total. The van der Waals surface area contributed by atoms with Crippen LogP contribution in [0.2, 0.25) is 0 Å². The van der Waals surface area contributed by atoms with Gasteiger partial charge in [-0.25, -0.2) is 4.68 Å². The zero-order valence-electron chi connectivity index (χ0n) is 18.0. The molecule has 3 aromatic carbocycles. The Morgan fingerprint density at radius 3 is 2.18 bits per heavy atom. The minimum Gasteiger partial charge on any atom is -0.321 e. The summed E-state index contributed by atoms with van der Waals surface area (Å²) in [5, 5.41) is 18.3. The third-order valence-corrected chi connectivity index (χ3v) is 5.26. The monoisotopic (exact) mass is 440 g/mol. The van der Waals surface area contributed by atoms with E-state index in [1.165, 1.54) is 19.2 Å². The van der Waals surface area contributed by atoms with E-state index < -0.39 is 16.4 Å². The van der Waals surface area contributed by atoms with E-state index >= 15 is 0 Å². The maximum atomic E-state index is 13.5. The van der Waals surface area contributed by atoms with Gasteiger partial charge in [0.15, 0.2) is 0 Å². The maximum absolute atomic E-state index is 13.5. The van der Waals surface area contributed by atoms with Gasteiger partial charge >= 0.3 is 0 Å². The molecule has 0 unspecified atom stereocenters. The molecule has 4 rings (SSSR count). The molecule has 0 saturated carbocycles. The Balaban J connectivity index is 1.94. The molecule has 0 radical (unpaired) electrons. The zero-order valence-corrected chi connectivity index (χ0v) is 18.0. The van der Waals surface area contributed by atoms with Crippen molar-refractivity contribution in [3.8, 4) is 22.4 Å². The number of aryl methyl sites for hydroxylation is 2. The fraction of sp³-hybridized carbons (Fsp3) is 0.0800. The van der Waals surface area contributed by atoms with Gasteiger partial charge in [0.05, 0.1) is 16.3 Å². The van der Waals surface area contributed by atoms with E-state index in [2.05, 4.69) is 10.4 Å². The highest BCUT2D eigenvalue weighted by molar-refractivity contribution is 6.10. The number of anilines is 1. The fourth-order valence-electron chi connectivity index (χ4n) is 3.57. The Labute approximate surface area is 189 Å². The zero-order chi connectivity index (χ0) is 23.5. The van der Waals surface area contributed by atoms with Crippen LogP contribution >= 0.6 is 0 Å². The highest BCUT2D eigenvalue weighted by atomic mass is 16.6. The normalized spacial score (nSPS) is 10.6. The molecule has 0 aliphatic carbocycles. The molecule has 0 saturated heterocycles. The van der Waals surface area contributed by atoms with Crippen LogP contribution in [0.1, 0.15) is 15.9 Å². The van der Waals surface area contributed by atoms with Crippen molar-refractivity contribution in [2.75, 3.05) is 5.32 Å². The van der Waals surface area contributed by atoms with Gasteiger partial charge in [-0.05, 0) is 18.1 Å². The SMILES string of the molecule is Cc1ccc([N+](=O)[O-])cc1NC(=O)c1c(-c2ccccc2)c(-c2ccccc2)nn(C)c1=O. The number of non-ortho nitro benzene ring substituents is 1. The van der Waals surface area contributed by atoms with E-state index in [0.29, 0.717) is 22.4 Å². The van der Waals surface area contributed by atoms with Crippen LogP contribution in [0.3, 0.4) is 0 Å². The quantitative estimate of drug-likeness (QED) is 0.361. The van der Waals surface area contributed by atoms with Gasteiger partial charge in [-0.1, -0.05) is 66.7 Å². The molecule has 0 aliphatic rings. The predicted molar refractivity (Wildman–Crippen MR) is 126 cm³/mol.